The first kappa shape index (κ1) is 21.1. The molecule has 0 saturated heterocycles. The number of carbonyl (C=O) groups excluding carboxylic acids is 1. The molecule has 2 heterocycles. The topological polar surface area (TPSA) is 98.7 Å². The van der Waals surface area contributed by atoms with Crippen LogP contribution in [0, 0.1) is 5.92 Å². The highest BCUT2D eigenvalue weighted by atomic mass is 19.3. The molecule has 1 aliphatic rings. The van der Waals surface area contributed by atoms with Crippen molar-refractivity contribution in [2.45, 2.75) is 50.9 Å². The fourth-order valence-electron chi connectivity index (χ4n) is 4.09. The lowest BCUT2D eigenvalue weighted by molar-refractivity contribution is -0.119. The van der Waals surface area contributed by atoms with Crippen molar-refractivity contribution in [3.05, 3.63) is 41.6 Å². The van der Waals surface area contributed by atoms with Crippen molar-refractivity contribution in [2.75, 3.05) is 5.32 Å². The number of hydrogen-bond acceptors (Lipinski definition) is 6. The summed E-state index contributed by atoms with van der Waals surface area (Å²) in [5, 5.41) is 18.6. The number of amides is 1. The van der Waals surface area contributed by atoms with E-state index < -0.39 is 17.8 Å². The van der Waals surface area contributed by atoms with Crippen LogP contribution in [0.25, 0.3) is 11.4 Å². The molecule has 2 aromatic heterocycles. The Morgan fingerprint density at radius 3 is 2.74 bits per heavy atom. The molecule has 10 heteroatoms. The quantitative estimate of drug-likeness (QED) is 0.609. The summed E-state index contributed by atoms with van der Waals surface area (Å²) in [6.45, 7) is 2.02. The Hall–Kier alpha value is -3.17. The lowest BCUT2D eigenvalue weighted by atomic mass is 9.83. The van der Waals surface area contributed by atoms with Crippen LogP contribution in [-0.2, 0) is 18.3 Å². The molecule has 0 radical (unpaired) electrons. The van der Waals surface area contributed by atoms with E-state index in [0.29, 0.717) is 11.4 Å². The van der Waals surface area contributed by atoms with Crippen LogP contribution in [0.1, 0.15) is 49.8 Å². The van der Waals surface area contributed by atoms with Crippen LogP contribution in [0.3, 0.4) is 0 Å². The number of rotatable bonds is 7. The summed E-state index contributed by atoms with van der Waals surface area (Å²) < 4.78 is 33.1. The van der Waals surface area contributed by atoms with Crippen LogP contribution >= 0.6 is 0 Å². The number of halogens is 2. The van der Waals surface area contributed by atoms with Crippen LogP contribution in [0.2, 0.25) is 0 Å². The Balaban J connectivity index is 1.58. The summed E-state index contributed by atoms with van der Waals surface area (Å²) in [5.41, 5.74) is 2.12. The van der Waals surface area contributed by atoms with Crippen LogP contribution in [0.15, 0.2) is 34.9 Å². The molecule has 0 aliphatic heterocycles. The van der Waals surface area contributed by atoms with Gasteiger partial charge in [-0.25, -0.2) is 8.78 Å². The van der Waals surface area contributed by atoms with E-state index in [1.54, 1.807) is 37.4 Å². The minimum atomic E-state index is -2.76. The minimum Gasteiger partial charge on any atom is -0.338 e. The highest BCUT2D eigenvalue weighted by molar-refractivity contribution is 5.95. The monoisotopic (exact) mass is 430 g/mol. The fraction of sp³-hybridized carbons (Fsp3) is 0.476. The second-order valence-electron chi connectivity index (χ2n) is 7.98. The van der Waals surface area contributed by atoms with E-state index in [-0.39, 0.29) is 31.1 Å². The van der Waals surface area contributed by atoms with Crippen molar-refractivity contribution in [3.63, 3.8) is 0 Å². The third kappa shape index (κ3) is 4.78. The maximum atomic E-state index is 14.0. The fourth-order valence-corrected chi connectivity index (χ4v) is 4.09. The molecule has 8 nitrogen and oxygen atoms in total. The molecule has 0 spiro atoms. The molecule has 2 atom stereocenters. The van der Waals surface area contributed by atoms with Gasteiger partial charge in [0.25, 0.3) is 0 Å². The largest absolute Gasteiger partial charge is 0.338 e. The predicted octanol–water partition coefficient (Wildman–Crippen LogP) is 3.98. The molecule has 1 amide bonds. The van der Waals surface area contributed by atoms with E-state index in [1.165, 1.54) is 4.80 Å². The van der Waals surface area contributed by atoms with Gasteiger partial charge in [0, 0.05) is 24.5 Å². The van der Waals surface area contributed by atoms with E-state index in [4.69, 9.17) is 4.52 Å². The number of benzene rings is 1. The number of tetrazole rings is 1. The van der Waals surface area contributed by atoms with Gasteiger partial charge in [-0.3, -0.25) is 10.1 Å². The molecule has 1 saturated carbocycles. The summed E-state index contributed by atoms with van der Waals surface area (Å²) in [6.07, 6.45) is 1.36. The highest BCUT2D eigenvalue weighted by Gasteiger charge is 2.45. The van der Waals surface area contributed by atoms with Crippen molar-refractivity contribution in [1.29, 1.82) is 0 Å². The molecule has 1 fully saturated rings. The first-order valence-electron chi connectivity index (χ1n) is 10.3. The van der Waals surface area contributed by atoms with E-state index in [2.05, 4.69) is 25.9 Å². The summed E-state index contributed by atoms with van der Waals surface area (Å²) in [7, 11) is 1.67. The zero-order valence-corrected chi connectivity index (χ0v) is 17.4. The number of nitrogens with one attached hydrogen (secondary N) is 1. The number of hydrogen-bond donors (Lipinski definition) is 1. The molecule has 0 unspecified atom stereocenters. The maximum Gasteiger partial charge on any atom is 0.248 e. The van der Waals surface area contributed by atoms with Crippen LogP contribution < -0.4 is 5.32 Å². The van der Waals surface area contributed by atoms with Gasteiger partial charge in [0.2, 0.25) is 23.5 Å². The first-order chi connectivity index (χ1) is 14.8. The number of anilines is 1. The average molecular weight is 430 g/mol. The lowest BCUT2D eigenvalue weighted by Crippen LogP contribution is -2.27. The van der Waals surface area contributed by atoms with Crippen LogP contribution in [-0.4, -0.2) is 37.2 Å². The van der Waals surface area contributed by atoms with Gasteiger partial charge in [0.05, 0.1) is 18.7 Å². The van der Waals surface area contributed by atoms with Gasteiger partial charge in [-0.2, -0.15) is 4.80 Å². The number of aromatic nitrogens is 5. The number of alkyl halides is 2. The molecular weight excluding hydrogens is 406 g/mol. The number of aryl methyl sites for hydroxylation is 2. The highest BCUT2D eigenvalue weighted by Crippen LogP contribution is 2.46. The molecule has 164 valence electrons. The third-order valence-corrected chi connectivity index (χ3v) is 5.54. The van der Waals surface area contributed by atoms with E-state index in [1.807, 2.05) is 6.92 Å². The Labute approximate surface area is 178 Å². The number of nitrogens with zero attached hydrogens (tertiary/aromatic N) is 5. The molecule has 1 aliphatic carbocycles. The van der Waals surface area contributed by atoms with E-state index in [0.717, 1.165) is 24.1 Å². The Morgan fingerprint density at radius 2 is 2.13 bits per heavy atom. The van der Waals surface area contributed by atoms with Gasteiger partial charge in [0.15, 0.2) is 0 Å². The first-order valence-corrected chi connectivity index (χ1v) is 10.3. The van der Waals surface area contributed by atoms with Gasteiger partial charge in [-0.15, -0.1) is 10.2 Å². The zero-order valence-electron chi connectivity index (χ0n) is 17.4. The second kappa shape index (κ2) is 8.52. The summed E-state index contributed by atoms with van der Waals surface area (Å²) >= 11 is 0. The molecule has 1 N–H and O–H groups in total. The second-order valence-corrected chi connectivity index (χ2v) is 7.98. The van der Waals surface area contributed by atoms with E-state index in [9.17, 15) is 13.6 Å². The lowest BCUT2D eigenvalue weighted by Gasteiger charge is -2.23. The maximum absolute atomic E-state index is 14.0. The molecule has 3 aromatic rings. The Kier molecular flexibility index (Phi) is 5.79. The SMILES string of the molecule is CCCc1cc(NC(=O)[C@H](c2ccc(-c3nnn(C)n3)cc2)[C@H]2CCC(F)(F)C2)on1. The molecule has 31 heavy (non-hydrogen) atoms. The van der Waals surface area contributed by atoms with Gasteiger partial charge < -0.3 is 4.52 Å². The average Bonchev–Trinajstić information content (AvgIpc) is 3.44. The van der Waals surface area contributed by atoms with Crippen LogP contribution in [0.4, 0.5) is 14.7 Å². The van der Waals surface area contributed by atoms with Gasteiger partial charge in [-0.1, -0.05) is 42.8 Å². The van der Waals surface area contributed by atoms with Crippen molar-refractivity contribution in [3.8, 4) is 11.4 Å². The molecule has 1 aromatic carbocycles. The number of carbonyl (C=O) groups is 1. The van der Waals surface area contributed by atoms with Gasteiger partial charge >= 0.3 is 0 Å². The molecular formula is C21H24F2N6O2. The smallest absolute Gasteiger partial charge is 0.248 e. The van der Waals surface area contributed by atoms with Crippen molar-refractivity contribution in [2.24, 2.45) is 13.0 Å². The normalized spacial score (nSPS) is 18.8. The third-order valence-electron chi connectivity index (χ3n) is 5.54. The summed E-state index contributed by atoms with van der Waals surface area (Å²) in [5.74, 6) is -3.68. The van der Waals surface area contributed by atoms with Crippen molar-refractivity contribution < 1.29 is 18.1 Å². The van der Waals surface area contributed by atoms with E-state index >= 15 is 0 Å². The van der Waals surface area contributed by atoms with Crippen molar-refractivity contribution in [1.82, 2.24) is 25.4 Å². The zero-order chi connectivity index (χ0) is 22.0. The van der Waals surface area contributed by atoms with Crippen LogP contribution in [0.5, 0.6) is 0 Å². The Bertz CT molecular complexity index is 1050. The standard InChI is InChI=1S/C21H24F2N6O2/c1-3-4-16-11-17(31-27-16)24-20(30)18(15-9-10-21(22,23)12-15)13-5-7-14(8-6-13)19-25-28-29(2)26-19/h5-8,11,15,18H,3-4,9-10,12H2,1-2H3,(H,24,30)/t15-,18+/m0/s1. The summed E-state index contributed by atoms with van der Waals surface area (Å²) in [4.78, 5) is 14.5. The summed E-state index contributed by atoms with van der Waals surface area (Å²) in [6, 6.07) is 8.73. The van der Waals surface area contributed by atoms with Gasteiger partial charge in [-0.05, 0) is 29.5 Å². The molecule has 4 rings (SSSR count). The van der Waals surface area contributed by atoms with Crippen molar-refractivity contribution >= 4 is 11.8 Å². The predicted molar refractivity (Wildman–Crippen MR) is 108 cm³/mol. The Morgan fingerprint density at radius 1 is 1.35 bits per heavy atom. The minimum absolute atomic E-state index is 0.216. The molecule has 0 bridgehead atoms. The van der Waals surface area contributed by atoms with Gasteiger partial charge in [0.1, 0.15) is 0 Å².